The smallest absolute Gasteiger partial charge is 0.225 e. The Morgan fingerprint density at radius 2 is 1.83 bits per heavy atom. The molecule has 1 N–H and O–H groups in total. The van der Waals surface area contributed by atoms with Gasteiger partial charge in [-0.15, -0.1) is 0 Å². The number of aromatic nitrogens is 2. The number of anilines is 1. The van der Waals surface area contributed by atoms with Crippen LogP contribution in [0.1, 0.15) is 11.6 Å². The first-order valence-electron chi connectivity index (χ1n) is 9.91. The molecule has 8 nitrogen and oxygen atoms in total. The zero-order chi connectivity index (χ0) is 20.6. The van der Waals surface area contributed by atoms with E-state index in [-0.39, 0.29) is 6.04 Å². The lowest BCUT2D eigenvalue weighted by molar-refractivity contribution is 0.283. The maximum absolute atomic E-state index is 5.57. The number of methoxy groups -OCH3 is 1. The van der Waals surface area contributed by atoms with E-state index >= 15 is 0 Å². The molecule has 0 radical (unpaired) electrons. The molecule has 2 heterocycles. The molecule has 0 amide bonds. The Balaban J connectivity index is 1.61. The van der Waals surface area contributed by atoms with Gasteiger partial charge in [-0.05, 0) is 26.2 Å². The second-order valence-corrected chi connectivity index (χ2v) is 7.17. The summed E-state index contributed by atoms with van der Waals surface area (Å²) in [5.41, 5.74) is 1.16. The van der Waals surface area contributed by atoms with Gasteiger partial charge in [0.15, 0.2) is 5.96 Å². The molecule has 0 saturated carbocycles. The van der Waals surface area contributed by atoms with E-state index in [4.69, 9.17) is 4.74 Å². The van der Waals surface area contributed by atoms with E-state index in [1.807, 2.05) is 31.3 Å². The van der Waals surface area contributed by atoms with Crippen LogP contribution in [0, 0.1) is 0 Å². The van der Waals surface area contributed by atoms with E-state index in [2.05, 4.69) is 55.1 Å². The van der Waals surface area contributed by atoms with Crippen molar-refractivity contribution in [1.29, 1.82) is 0 Å². The van der Waals surface area contributed by atoms with Crippen LogP contribution in [0.4, 0.5) is 5.95 Å². The van der Waals surface area contributed by atoms with Crippen molar-refractivity contribution in [2.24, 2.45) is 4.99 Å². The highest BCUT2D eigenvalue weighted by molar-refractivity contribution is 5.80. The number of ether oxygens (including phenoxy) is 1. The number of guanidine groups is 1. The van der Waals surface area contributed by atoms with Crippen LogP contribution in [-0.4, -0.2) is 86.7 Å². The van der Waals surface area contributed by atoms with Gasteiger partial charge in [-0.25, -0.2) is 9.97 Å². The van der Waals surface area contributed by atoms with Crippen LogP contribution in [0.2, 0.25) is 0 Å². The van der Waals surface area contributed by atoms with E-state index in [0.717, 1.165) is 55.9 Å². The Labute approximate surface area is 173 Å². The summed E-state index contributed by atoms with van der Waals surface area (Å²) in [6, 6.07) is 10.2. The number of rotatable bonds is 6. The molecule has 1 aromatic heterocycles. The minimum absolute atomic E-state index is 0.168. The lowest BCUT2D eigenvalue weighted by Crippen LogP contribution is -2.53. The molecule has 1 aromatic carbocycles. The van der Waals surface area contributed by atoms with Crippen molar-refractivity contribution in [2.45, 2.75) is 6.04 Å². The van der Waals surface area contributed by atoms with E-state index in [1.165, 1.54) is 0 Å². The van der Waals surface area contributed by atoms with Gasteiger partial charge < -0.3 is 24.8 Å². The van der Waals surface area contributed by atoms with E-state index in [1.54, 1.807) is 19.5 Å². The third-order valence-electron chi connectivity index (χ3n) is 5.20. The maximum Gasteiger partial charge on any atom is 0.225 e. The fraction of sp³-hybridized carbons (Fsp3) is 0.476. The van der Waals surface area contributed by atoms with Crippen LogP contribution in [-0.2, 0) is 0 Å². The third kappa shape index (κ3) is 5.14. The predicted molar refractivity (Wildman–Crippen MR) is 117 cm³/mol. The molecule has 8 heteroatoms. The Morgan fingerprint density at radius 3 is 2.45 bits per heavy atom. The molecule has 1 aliphatic rings. The summed E-state index contributed by atoms with van der Waals surface area (Å²) in [5.74, 6) is 2.61. The summed E-state index contributed by atoms with van der Waals surface area (Å²) in [6.07, 6.45) is 3.57. The largest absolute Gasteiger partial charge is 0.496 e. The zero-order valence-electron chi connectivity index (χ0n) is 17.7. The molecule has 29 heavy (non-hydrogen) atoms. The third-order valence-corrected chi connectivity index (χ3v) is 5.20. The molecular weight excluding hydrogens is 366 g/mol. The predicted octanol–water partition coefficient (Wildman–Crippen LogP) is 1.49. The second kappa shape index (κ2) is 10.1. The van der Waals surface area contributed by atoms with Crippen LogP contribution in [0.25, 0.3) is 0 Å². The zero-order valence-corrected chi connectivity index (χ0v) is 17.7. The molecule has 3 rings (SSSR count). The molecule has 156 valence electrons. The molecule has 1 unspecified atom stereocenters. The van der Waals surface area contributed by atoms with Crippen molar-refractivity contribution >= 4 is 11.9 Å². The van der Waals surface area contributed by atoms with Crippen LogP contribution in [0.5, 0.6) is 5.75 Å². The quantitative estimate of drug-likeness (QED) is 0.585. The SMILES string of the molecule is CN=C(NCC(c1ccccc1OC)N(C)C)N1CCN(c2ncccn2)CC1. The van der Waals surface area contributed by atoms with Gasteiger partial charge in [0.05, 0.1) is 13.2 Å². The second-order valence-electron chi connectivity index (χ2n) is 7.17. The summed E-state index contributed by atoms with van der Waals surface area (Å²) >= 11 is 0. The molecular formula is C21H31N7O. The number of nitrogens with zero attached hydrogens (tertiary/aromatic N) is 6. The highest BCUT2D eigenvalue weighted by atomic mass is 16.5. The molecule has 0 aliphatic carbocycles. The molecule has 1 saturated heterocycles. The lowest BCUT2D eigenvalue weighted by Gasteiger charge is -2.37. The number of nitrogens with one attached hydrogen (secondary N) is 1. The van der Waals surface area contributed by atoms with E-state index in [9.17, 15) is 0 Å². The van der Waals surface area contributed by atoms with E-state index in [0.29, 0.717) is 0 Å². The number of piperazine rings is 1. The minimum atomic E-state index is 0.168. The summed E-state index contributed by atoms with van der Waals surface area (Å²) in [7, 11) is 7.72. The Morgan fingerprint density at radius 1 is 1.14 bits per heavy atom. The minimum Gasteiger partial charge on any atom is -0.496 e. The molecule has 2 aromatic rings. The number of para-hydroxylation sites is 1. The highest BCUT2D eigenvalue weighted by Gasteiger charge is 2.23. The Hall–Kier alpha value is -2.87. The van der Waals surface area contributed by atoms with Crippen molar-refractivity contribution in [3.8, 4) is 5.75 Å². The van der Waals surface area contributed by atoms with E-state index < -0.39 is 0 Å². The summed E-state index contributed by atoms with van der Waals surface area (Å²) in [6.45, 7) is 4.23. The molecule has 1 aliphatic heterocycles. The molecule has 1 atom stereocenters. The topological polar surface area (TPSA) is 69.1 Å². The summed E-state index contributed by atoms with van der Waals surface area (Å²) < 4.78 is 5.57. The van der Waals surface area contributed by atoms with Crippen molar-refractivity contribution in [1.82, 2.24) is 25.1 Å². The monoisotopic (exact) mass is 397 g/mol. The van der Waals surface area contributed by atoms with Gasteiger partial charge in [0, 0.05) is 57.7 Å². The number of benzene rings is 1. The number of aliphatic imine (C=N–C) groups is 1. The Kier molecular flexibility index (Phi) is 7.24. The Bertz CT molecular complexity index is 789. The van der Waals surface area contributed by atoms with Crippen LogP contribution < -0.4 is 15.0 Å². The van der Waals surface area contributed by atoms with Crippen LogP contribution >= 0.6 is 0 Å². The van der Waals surface area contributed by atoms with Crippen molar-refractivity contribution in [3.05, 3.63) is 48.3 Å². The van der Waals surface area contributed by atoms with Crippen molar-refractivity contribution in [2.75, 3.05) is 65.9 Å². The summed E-state index contributed by atoms with van der Waals surface area (Å²) in [4.78, 5) is 19.9. The average Bonchev–Trinajstić information content (AvgIpc) is 2.77. The van der Waals surface area contributed by atoms with Crippen molar-refractivity contribution in [3.63, 3.8) is 0 Å². The summed E-state index contributed by atoms with van der Waals surface area (Å²) in [5, 5.41) is 3.55. The van der Waals surface area contributed by atoms with Gasteiger partial charge in [0.1, 0.15) is 5.75 Å². The van der Waals surface area contributed by atoms with Crippen molar-refractivity contribution < 1.29 is 4.74 Å². The van der Waals surface area contributed by atoms with Gasteiger partial charge >= 0.3 is 0 Å². The fourth-order valence-electron chi connectivity index (χ4n) is 3.61. The number of hydrogen-bond donors (Lipinski definition) is 1. The molecule has 0 spiro atoms. The number of likely N-dealkylation sites (N-methyl/N-ethyl adjacent to an activating group) is 1. The van der Waals surface area contributed by atoms with Crippen LogP contribution in [0.15, 0.2) is 47.7 Å². The molecule has 0 bridgehead atoms. The standard InChI is InChI=1S/C21H31N7O/c1-22-20(27-12-14-28(15-13-27)21-23-10-7-11-24-21)25-16-18(26(2)3)17-8-5-6-9-19(17)29-4/h5-11,18H,12-16H2,1-4H3,(H,22,25). The van der Waals surface area contributed by atoms with Gasteiger partial charge in [-0.3, -0.25) is 4.99 Å². The number of hydrogen-bond acceptors (Lipinski definition) is 6. The van der Waals surface area contributed by atoms with Gasteiger partial charge in [-0.1, -0.05) is 18.2 Å². The maximum atomic E-state index is 5.57. The van der Waals surface area contributed by atoms with Gasteiger partial charge in [0.2, 0.25) is 5.95 Å². The first kappa shape index (κ1) is 20.9. The first-order valence-corrected chi connectivity index (χ1v) is 9.91. The average molecular weight is 398 g/mol. The fourth-order valence-corrected chi connectivity index (χ4v) is 3.61. The normalized spacial score (nSPS) is 16.1. The van der Waals surface area contributed by atoms with Gasteiger partial charge in [0.25, 0.3) is 0 Å². The van der Waals surface area contributed by atoms with Crippen LogP contribution in [0.3, 0.4) is 0 Å². The highest BCUT2D eigenvalue weighted by Crippen LogP contribution is 2.27. The molecule has 1 fully saturated rings. The van der Waals surface area contributed by atoms with Gasteiger partial charge in [-0.2, -0.15) is 0 Å². The first-order chi connectivity index (χ1) is 14.1. The lowest BCUT2D eigenvalue weighted by atomic mass is 10.0.